The molecule has 1 saturated heterocycles. The van der Waals surface area contributed by atoms with Crippen LogP contribution in [0, 0.1) is 5.92 Å². The molecule has 1 aromatic carbocycles. The van der Waals surface area contributed by atoms with Gasteiger partial charge in [0.1, 0.15) is 0 Å². The summed E-state index contributed by atoms with van der Waals surface area (Å²) in [5.41, 5.74) is 2.51. The normalized spacial score (nSPS) is 20.1. The number of nitrogens with one attached hydrogen (secondary N) is 2. The average molecular weight is 274 g/mol. The molecule has 2 rings (SSSR count). The predicted octanol–water partition coefficient (Wildman–Crippen LogP) is 2.99. The molecule has 0 aliphatic carbocycles. The van der Waals surface area contributed by atoms with Crippen molar-refractivity contribution in [2.24, 2.45) is 5.92 Å². The van der Waals surface area contributed by atoms with Gasteiger partial charge in [-0.05, 0) is 49.4 Å². The van der Waals surface area contributed by atoms with Crippen molar-refractivity contribution < 1.29 is 4.79 Å². The van der Waals surface area contributed by atoms with Gasteiger partial charge in [0.15, 0.2) is 0 Å². The van der Waals surface area contributed by atoms with Crippen LogP contribution in [0.15, 0.2) is 24.3 Å². The zero-order valence-electron chi connectivity index (χ0n) is 12.8. The molecular formula is C17H26N2O. The summed E-state index contributed by atoms with van der Waals surface area (Å²) in [7, 11) is 0. The highest BCUT2D eigenvalue weighted by Gasteiger charge is 2.19. The summed E-state index contributed by atoms with van der Waals surface area (Å²) in [5, 5.41) is 6.40. The standard InChI is InChI=1S/C17H26N2O/c1-12(2)15-4-6-16(7-5-15)13(3)19-17(20)10-14-8-9-18-11-14/h4-7,12-14,18H,8-11H2,1-3H3,(H,19,20). The maximum atomic E-state index is 12.0. The van der Waals surface area contributed by atoms with Gasteiger partial charge in [-0.25, -0.2) is 0 Å². The summed E-state index contributed by atoms with van der Waals surface area (Å²) < 4.78 is 0. The topological polar surface area (TPSA) is 41.1 Å². The Morgan fingerprint density at radius 3 is 2.45 bits per heavy atom. The minimum Gasteiger partial charge on any atom is -0.350 e. The number of carbonyl (C=O) groups excluding carboxylic acids is 1. The highest BCUT2D eigenvalue weighted by atomic mass is 16.1. The van der Waals surface area contributed by atoms with Gasteiger partial charge in [0.25, 0.3) is 0 Å². The van der Waals surface area contributed by atoms with E-state index in [2.05, 4.69) is 55.7 Å². The average Bonchev–Trinajstić information content (AvgIpc) is 2.91. The van der Waals surface area contributed by atoms with E-state index in [0.29, 0.717) is 18.3 Å². The Morgan fingerprint density at radius 2 is 1.90 bits per heavy atom. The molecule has 0 radical (unpaired) electrons. The fourth-order valence-electron chi connectivity index (χ4n) is 2.70. The van der Waals surface area contributed by atoms with Crippen LogP contribution < -0.4 is 10.6 Å². The lowest BCUT2D eigenvalue weighted by molar-refractivity contribution is -0.122. The van der Waals surface area contributed by atoms with E-state index in [1.807, 2.05) is 0 Å². The Balaban J connectivity index is 1.86. The van der Waals surface area contributed by atoms with Gasteiger partial charge in [0, 0.05) is 6.42 Å². The molecule has 1 aromatic rings. The summed E-state index contributed by atoms with van der Waals surface area (Å²) >= 11 is 0. The monoisotopic (exact) mass is 274 g/mol. The third-order valence-corrected chi connectivity index (χ3v) is 4.12. The van der Waals surface area contributed by atoms with E-state index in [9.17, 15) is 4.79 Å². The van der Waals surface area contributed by atoms with E-state index < -0.39 is 0 Å². The predicted molar refractivity (Wildman–Crippen MR) is 82.7 cm³/mol. The van der Waals surface area contributed by atoms with Crippen molar-refractivity contribution in [3.63, 3.8) is 0 Å². The van der Waals surface area contributed by atoms with Crippen molar-refractivity contribution >= 4 is 5.91 Å². The van der Waals surface area contributed by atoms with Crippen LogP contribution in [0.4, 0.5) is 0 Å². The molecule has 1 fully saturated rings. The number of benzene rings is 1. The van der Waals surface area contributed by atoms with Gasteiger partial charge in [-0.2, -0.15) is 0 Å². The largest absolute Gasteiger partial charge is 0.350 e. The Labute approximate surface area is 122 Å². The summed E-state index contributed by atoms with van der Waals surface area (Å²) in [6.07, 6.45) is 1.76. The smallest absolute Gasteiger partial charge is 0.220 e. The summed E-state index contributed by atoms with van der Waals surface area (Å²) in [4.78, 5) is 12.0. The van der Waals surface area contributed by atoms with Crippen LogP contribution in [0.1, 0.15) is 56.7 Å². The number of hydrogen-bond acceptors (Lipinski definition) is 2. The van der Waals surface area contributed by atoms with Gasteiger partial charge in [-0.15, -0.1) is 0 Å². The molecule has 2 unspecified atom stereocenters. The molecule has 0 spiro atoms. The van der Waals surface area contributed by atoms with Crippen molar-refractivity contribution in [1.82, 2.24) is 10.6 Å². The summed E-state index contributed by atoms with van der Waals surface area (Å²) in [6.45, 7) is 8.45. The van der Waals surface area contributed by atoms with Crippen molar-refractivity contribution in [1.29, 1.82) is 0 Å². The number of carbonyl (C=O) groups is 1. The Hall–Kier alpha value is -1.35. The second-order valence-electron chi connectivity index (χ2n) is 6.17. The molecule has 1 aliphatic heterocycles. The Kier molecular flexibility index (Phi) is 5.18. The summed E-state index contributed by atoms with van der Waals surface area (Å²) in [5.74, 6) is 1.22. The van der Waals surface area contributed by atoms with Gasteiger partial charge in [0.2, 0.25) is 5.91 Å². The second kappa shape index (κ2) is 6.89. The van der Waals surface area contributed by atoms with Crippen LogP contribution in [0.3, 0.4) is 0 Å². The second-order valence-corrected chi connectivity index (χ2v) is 6.17. The van der Waals surface area contributed by atoms with Crippen LogP contribution in [-0.2, 0) is 4.79 Å². The Morgan fingerprint density at radius 1 is 1.25 bits per heavy atom. The van der Waals surface area contributed by atoms with E-state index in [4.69, 9.17) is 0 Å². The fourth-order valence-corrected chi connectivity index (χ4v) is 2.70. The molecular weight excluding hydrogens is 248 g/mol. The quantitative estimate of drug-likeness (QED) is 0.866. The molecule has 1 heterocycles. The third kappa shape index (κ3) is 4.07. The van der Waals surface area contributed by atoms with E-state index >= 15 is 0 Å². The third-order valence-electron chi connectivity index (χ3n) is 4.12. The molecule has 3 heteroatoms. The maximum absolute atomic E-state index is 12.0. The van der Waals surface area contributed by atoms with Gasteiger partial charge in [-0.3, -0.25) is 4.79 Å². The van der Waals surface area contributed by atoms with Gasteiger partial charge in [-0.1, -0.05) is 38.1 Å². The molecule has 0 saturated carbocycles. The fraction of sp³-hybridized carbons (Fsp3) is 0.588. The van der Waals surface area contributed by atoms with Crippen molar-refractivity contribution in [3.05, 3.63) is 35.4 Å². The van der Waals surface area contributed by atoms with Crippen molar-refractivity contribution in [2.45, 2.75) is 45.6 Å². The molecule has 2 atom stereocenters. The first kappa shape index (κ1) is 15.0. The van der Waals surface area contributed by atoms with Crippen molar-refractivity contribution in [3.8, 4) is 0 Å². The number of amides is 1. The first-order valence-corrected chi connectivity index (χ1v) is 7.66. The lowest BCUT2D eigenvalue weighted by Crippen LogP contribution is -2.28. The summed E-state index contributed by atoms with van der Waals surface area (Å²) in [6, 6.07) is 8.64. The van der Waals surface area contributed by atoms with Gasteiger partial charge in [0.05, 0.1) is 6.04 Å². The van der Waals surface area contributed by atoms with Crippen LogP contribution in [0.25, 0.3) is 0 Å². The molecule has 3 nitrogen and oxygen atoms in total. The molecule has 1 aliphatic rings. The van der Waals surface area contributed by atoms with Crippen LogP contribution in [-0.4, -0.2) is 19.0 Å². The molecule has 110 valence electrons. The lowest BCUT2D eigenvalue weighted by atomic mass is 9.99. The zero-order chi connectivity index (χ0) is 14.5. The zero-order valence-corrected chi connectivity index (χ0v) is 12.8. The van der Waals surface area contributed by atoms with Crippen LogP contribution in [0.2, 0.25) is 0 Å². The molecule has 0 aromatic heterocycles. The molecule has 2 N–H and O–H groups in total. The first-order chi connectivity index (χ1) is 9.56. The number of rotatable bonds is 5. The Bertz CT molecular complexity index is 433. The minimum atomic E-state index is 0.0816. The molecule has 0 bridgehead atoms. The van der Waals surface area contributed by atoms with E-state index in [1.54, 1.807) is 0 Å². The molecule has 20 heavy (non-hydrogen) atoms. The van der Waals surface area contributed by atoms with Crippen LogP contribution >= 0.6 is 0 Å². The number of hydrogen-bond donors (Lipinski definition) is 2. The molecule has 1 amide bonds. The van der Waals surface area contributed by atoms with Gasteiger partial charge >= 0.3 is 0 Å². The lowest BCUT2D eigenvalue weighted by Gasteiger charge is -2.17. The first-order valence-electron chi connectivity index (χ1n) is 7.66. The van der Waals surface area contributed by atoms with E-state index in [0.717, 1.165) is 19.5 Å². The van der Waals surface area contributed by atoms with E-state index in [1.165, 1.54) is 11.1 Å². The van der Waals surface area contributed by atoms with E-state index in [-0.39, 0.29) is 11.9 Å². The van der Waals surface area contributed by atoms with Crippen LogP contribution in [0.5, 0.6) is 0 Å². The van der Waals surface area contributed by atoms with Gasteiger partial charge < -0.3 is 10.6 Å². The van der Waals surface area contributed by atoms with Crippen molar-refractivity contribution in [2.75, 3.05) is 13.1 Å². The SMILES string of the molecule is CC(C)c1ccc(C(C)NC(=O)CC2CCNC2)cc1. The maximum Gasteiger partial charge on any atom is 0.220 e. The highest BCUT2D eigenvalue weighted by molar-refractivity contribution is 5.76. The minimum absolute atomic E-state index is 0.0816. The highest BCUT2D eigenvalue weighted by Crippen LogP contribution is 2.19.